The SMILES string of the molecule is CNC1COc2cc(OCc3cccc(F)c3Br)ccc21. The lowest BCUT2D eigenvalue weighted by Gasteiger charge is -2.10. The molecule has 21 heavy (non-hydrogen) atoms. The summed E-state index contributed by atoms with van der Waals surface area (Å²) in [5.74, 6) is 1.26. The highest BCUT2D eigenvalue weighted by molar-refractivity contribution is 9.10. The van der Waals surface area contributed by atoms with Crippen molar-refractivity contribution in [3.8, 4) is 11.5 Å². The third-order valence-corrected chi connectivity index (χ3v) is 4.43. The average Bonchev–Trinajstić information content (AvgIpc) is 2.91. The zero-order valence-electron chi connectivity index (χ0n) is 11.5. The molecule has 1 aliphatic heterocycles. The molecule has 0 saturated heterocycles. The first-order chi connectivity index (χ1) is 10.2. The Bertz CT molecular complexity index is 663. The molecule has 2 aromatic rings. The van der Waals surface area contributed by atoms with E-state index in [0.29, 0.717) is 23.4 Å². The van der Waals surface area contributed by atoms with Crippen molar-refractivity contribution in [2.24, 2.45) is 0 Å². The summed E-state index contributed by atoms with van der Waals surface area (Å²) in [4.78, 5) is 0. The van der Waals surface area contributed by atoms with Gasteiger partial charge < -0.3 is 14.8 Å². The van der Waals surface area contributed by atoms with E-state index in [4.69, 9.17) is 9.47 Å². The normalized spacial score (nSPS) is 16.4. The quantitative estimate of drug-likeness (QED) is 0.908. The Balaban J connectivity index is 1.73. The molecule has 2 aromatic carbocycles. The summed E-state index contributed by atoms with van der Waals surface area (Å²) in [5, 5.41) is 3.20. The largest absolute Gasteiger partial charge is 0.491 e. The van der Waals surface area contributed by atoms with E-state index in [2.05, 4.69) is 21.2 Å². The van der Waals surface area contributed by atoms with Crippen molar-refractivity contribution in [3.05, 3.63) is 57.8 Å². The Kier molecular flexibility index (Phi) is 4.12. The van der Waals surface area contributed by atoms with Gasteiger partial charge >= 0.3 is 0 Å². The summed E-state index contributed by atoms with van der Waals surface area (Å²) >= 11 is 3.23. The molecular weight excluding hydrogens is 337 g/mol. The van der Waals surface area contributed by atoms with Crippen LogP contribution in [0, 0.1) is 5.82 Å². The monoisotopic (exact) mass is 351 g/mol. The number of rotatable bonds is 4. The van der Waals surface area contributed by atoms with E-state index in [0.717, 1.165) is 16.9 Å². The van der Waals surface area contributed by atoms with Crippen LogP contribution in [0.2, 0.25) is 0 Å². The van der Waals surface area contributed by atoms with Gasteiger partial charge in [-0.25, -0.2) is 4.39 Å². The van der Waals surface area contributed by atoms with E-state index in [1.807, 2.05) is 31.3 Å². The number of hydrogen-bond acceptors (Lipinski definition) is 3. The second kappa shape index (κ2) is 6.03. The number of likely N-dealkylation sites (N-methyl/N-ethyl adjacent to an activating group) is 1. The number of hydrogen-bond donors (Lipinski definition) is 1. The molecule has 0 bridgehead atoms. The first-order valence-electron chi connectivity index (χ1n) is 6.68. The fourth-order valence-corrected chi connectivity index (χ4v) is 2.72. The maximum absolute atomic E-state index is 13.4. The van der Waals surface area contributed by atoms with Gasteiger partial charge in [-0.2, -0.15) is 0 Å². The first kappa shape index (κ1) is 14.4. The first-order valence-corrected chi connectivity index (χ1v) is 7.48. The van der Waals surface area contributed by atoms with Crippen molar-refractivity contribution in [1.29, 1.82) is 0 Å². The maximum Gasteiger partial charge on any atom is 0.137 e. The van der Waals surface area contributed by atoms with E-state index in [1.165, 1.54) is 6.07 Å². The minimum atomic E-state index is -0.287. The van der Waals surface area contributed by atoms with Crippen molar-refractivity contribution in [3.63, 3.8) is 0 Å². The average molecular weight is 352 g/mol. The smallest absolute Gasteiger partial charge is 0.137 e. The standard InChI is InChI=1S/C16H15BrFNO2/c1-19-14-9-21-15-7-11(5-6-12(14)15)20-8-10-3-2-4-13(18)16(10)17/h2-7,14,19H,8-9H2,1H3. The van der Waals surface area contributed by atoms with Gasteiger partial charge in [-0.15, -0.1) is 0 Å². The number of fused-ring (bicyclic) bond motifs is 1. The Morgan fingerprint density at radius 1 is 1.38 bits per heavy atom. The van der Waals surface area contributed by atoms with Gasteiger partial charge in [-0.05, 0) is 41.2 Å². The van der Waals surface area contributed by atoms with E-state index < -0.39 is 0 Å². The van der Waals surface area contributed by atoms with Gasteiger partial charge in [0.1, 0.15) is 30.5 Å². The van der Waals surface area contributed by atoms with Crippen LogP contribution in [0.4, 0.5) is 4.39 Å². The fraction of sp³-hybridized carbons (Fsp3) is 0.250. The second-order valence-corrected chi connectivity index (χ2v) is 5.65. The van der Waals surface area contributed by atoms with E-state index in [-0.39, 0.29) is 11.9 Å². The molecule has 110 valence electrons. The van der Waals surface area contributed by atoms with Crippen LogP contribution in [0.1, 0.15) is 17.2 Å². The highest BCUT2D eigenvalue weighted by Crippen LogP contribution is 2.35. The highest BCUT2D eigenvalue weighted by atomic mass is 79.9. The highest BCUT2D eigenvalue weighted by Gasteiger charge is 2.22. The van der Waals surface area contributed by atoms with Gasteiger partial charge in [0.2, 0.25) is 0 Å². The van der Waals surface area contributed by atoms with Crippen molar-refractivity contribution in [1.82, 2.24) is 5.32 Å². The van der Waals surface area contributed by atoms with Gasteiger partial charge in [0.15, 0.2) is 0 Å². The predicted octanol–water partition coefficient (Wildman–Crippen LogP) is 3.82. The Morgan fingerprint density at radius 3 is 3.05 bits per heavy atom. The van der Waals surface area contributed by atoms with Crippen LogP contribution in [0.5, 0.6) is 11.5 Å². The lowest BCUT2D eigenvalue weighted by molar-refractivity contribution is 0.297. The molecule has 1 aliphatic rings. The molecule has 0 radical (unpaired) electrons. The van der Waals surface area contributed by atoms with Crippen LogP contribution in [0.3, 0.4) is 0 Å². The zero-order chi connectivity index (χ0) is 14.8. The van der Waals surface area contributed by atoms with Crippen LogP contribution in [-0.2, 0) is 6.61 Å². The number of ether oxygens (including phenoxy) is 2. The Morgan fingerprint density at radius 2 is 2.24 bits per heavy atom. The minimum absolute atomic E-state index is 0.228. The molecule has 0 aromatic heterocycles. The molecule has 0 spiro atoms. The molecule has 3 nitrogen and oxygen atoms in total. The van der Waals surface area contributed by atoms with Gasteiger partial charge in [0, 0.05) is 17.2 Å². The lowest BCUT2D eigenvalue weighted by Crippen LogP contribution is -2.17. The molecular formula is C16H15BrFNO2. The molecule has 0 aliphatic carbocycles. The predicted molar refractivity (Wildman–Crippen MR) is 82.2 cm³/mol. The van der Waals surface area contributed by atoms with E-state index in [1.54, 1.807) is 6.07 Å². The van der Waals surface area contributed by atoms with Crippen molar-refractivity contribution in [2.45, 2.75) is 12.6 Å². The number of halogens is 2. The summed E-state index contributed by atoms with van der Waals surface area (Å²) in [5.41, 5.74) is 1.90. The van der Waals surface area contributed by atoms with Gasteiger partial charge in [-0.1, -0.05) is 12.1 Å². The molecule has 1 atom stereocenters. The molecule has 0 saturated carbocycles. The molecule has 0 fully saturated rings. The zero-order valence-corrected chi connectivity index (χ0v) is 13.1. The van der Waals surface area contributed by atoms with Crippen molar-refractivity contribution in [2.75, 3.05) is 13.7 Å². The fourth-order valence-electron chi connectivity index (χ4n) is 2.34. The number of benzene rings is 2. The minimum Gasteiger partial charge on any atom is -0.491 e. The van der Waals surface area contributed by atoms with Crippen LogP contribution >= 0.6 is 15.9 Å². The molecule has 0 amide bonds. The Labute approximate surface area is 131 Å². The summed E-state index contributed by atoms with van der Waals surface area (Å²) in [6.45, 7) is 0.928. The summed E-state index contributed by atoms with van der Waals surface area (Å²) in [6, 6.07) is 10.9. The van der Waals surface area contributed by atoms with Gasteiger partial charge in [-0.3, -0.25) is 0 Å². The van der Waals surface area contributed by atoms with E-state index in [9.17, 15) is 4.39 Å². The van der Waals surface area contributed by atoms with Crippen molar-refractivity contribution >= 4 is 15.9 Å². The third-order valence-electron chi connectivity index (χ3n) is 3.54. The lowest BCUT2D eigenvalue weighted by atomic mass is 10.1. The van der Waals surface area contributed by atoms with Crippen LogP contribution in [0.25, 0.3) is 0 Å². The molecule has 1 N–H and O–H groups in total. The molecule has 3 rings (SSSR count). The Hall–Kier alpha value is -1.59. The van der Waals surface area contributed by atoms with Crippen LogP contribution in [0.15, 0.2) is 40.9 Å². The van der Waals surface area contributed by atoms with Crippen LogP contribution in [-0.4, -0.2) is 13.7 Å². The van der Waals surface area contributed by atoms with E-state index >= 15 is 0 Å². The second-order valence-electron chi connectivity index (χ2n) is 4.85. The topological polar surface area (TPSA) is 30.5 Å². The molecule has 5 heteroatoms. The third kappa shape index (κ3) is 2.89. The van der Waals surface area contributed by atoms with Crippen LogP contribution < -0.4 is 14.8 Å². The maximum atomic E-state index is 13.4. The van der Waals surface area contributed by atoms with Gasteiger partial charge in [0.05, 0.1) is 10.5 Å². The number of nitrogens with one attached hydrogen (secondary N) is 1. The molecule has 1 heterocycles. The summed E-state index contributed by atoms with van der Waals surface area (Å²) < 4.78 is 25.2. The van der Waals surface area contributed by atoms with Gasteiger partial charge in [0.25, 0.3) is 0 Å². The summed E-state index contributed by atoms with van der Waals surface area (Å²) in [7, 11) is 1.91. The van der Waals surface area contributed by atoms with Crippen molar-refractivity contribution < 1.29 is 13.9 Å². The molecule has 1 unspecified atom stereocenters. The summed E-state index contributed by atoms with van der Waals surface area (Å²) in [6.07, 6.45) is 0.